The fourth-order valence-corrected chi connectivity index (χ4v) is 2.41. The molecule has 4 heteroatoms. The minimum absolute atomic E-state index is 0.149. The van der Waals surface area contributed by atoms with Crippen LogP contribution in [0.1, 0.15) is 36.2 Å². The minimum atomic E-state index is -4.28. The maximum absolute atomic E-state index is 12.8. The molecule has 1 atom stereocenters. The Labute approximate surface area is 104 Å². The van der Waals surface area contributed by atoms with Gasteiger partial charge in [-0.25, -0.2) is 0 Å². The average Bonchev–Trinajstić information content (AvgIpc) is 2.54. The maximum atomic E-state index is 12.8. The molecule has 1 aliphatic carbocycles. The van der Waals surface area contributed by atoms with Gasteiger partial charge in [-0.05, 0) is 18.4 Å². The molecule has 0 saturated carbocycles. The topological polar surface area (TPSA) is 17.1 Å². The van der Waals surface area contributed by atoms with Gasteiger partial charge in [-0.1, -0.05) is 38.1 Å². The summed E-state index contributed by atoms with van der Waals surface area (Å²) in [5, 5.41) is 0. The Morgan fingerprint density at radius 1 is 1.22 bits per heavy atom. The summed E-state index contributed by atoms with van der Waals surface area (Å²) in [4.78, 5) is 12.0. The van der Waals surface area contributed by atoms with Crippen molar-refractivity contribution >= 4 is 5.78 Å². The van der Waals surface area contributed by atoms with Crippen molar-refractivity contribution in [1.82, 2.24) is 0 Å². The molecule has 0 aliphatic heterocycles. The van der Waals surface area contributed by atoms with E-state index in [4.69, 9.17) is 0 Å². The molecule has 98 valence electrons. The lowest BCUT2D eigenvalue weighted by Gasteiger charge is -2.29. The zero-order valence-corrected chi connectivity index (χ0v) is 10.3. The van der Waals surface area contributed by atoms with Gasteiger partial charge in [0.1, 0.15) is 0 Å². The third-order valence-electron chi connectivity index (χ3n) is 3.64. The van der Waals surface area contributed by atoms with Gasteiger partial charge < -0.3 is 0 Å². The Morgan fingerprint density at radius 2 is 1.83 bits per heavy atom. The third kappa shape index (κ3) is 2.16. The highest BCUT2D eigenvalue weighted by molar-refractivity contribution is 6.02. The SMILES string of the molecule is CC(C)(CC1Cc2ccccc2C1=O)C(F)(F)F. The number of fused-ring (bicyclic) bond motifs is 1. The van der Waals surface area contributed by atoms with Crippen LogP contribution in [-0.4, -0.2) is 12.0 Å². The quantitative estimate of drug-likeness (QED) is 0.781. The van der Waals surface area contributed by atoms with E-state index in [0.29, 0.717) is 12.0 Å². The highest BCUT2D eigenvalue weighted by Crippen LogP contribution is 2.44. The fraction of sp³-hybridized carbons (Fsp3) is 0.500. The molecule has 1 nitrogen and oxygen atoms in total. The van der Waals surface area contributed by atoms with Crippen molar-refractivity contribution in [2.75, 3.05) is 0 Å². The van der Waals surface area contributed by atoms with Crippen LogP contribution < -0.4 is 0 Å². The lowest BCUT2D eigenvalue weighted by Crippen LogP contribution is -2.35. The molecule has 0 aromatic heterocycles. The van der Waals surface area contributed by atoms with E-state index in [9.17, 15) is 18.0 Å². The van der Waals surface area contributed by atoms with Gasteiger partial charge in [0, 0.05) is 11.5 Å². The van der Waals surface area contributed by atoms with Crippen LogP contribution in [0.25, 0.3) is 0 Å². The number of carbonyl (C=O) groups is 1. The normalized spacial score (nSPS) is 20.1. The molecule has 1 aromatic carbocycles. The Kier molecular flexibility index (Phi) is 2.99. The van der Waals surface area contributed by atoms with E-state index >= 15 is 0 Å². The number of alkyl halides is 3. The van der Waals surface area contributed by atoms with Crippen LogP contribution in [0.5, 0.6) is 0 Å². The van der Waals surface area contributed by atoms with Crippen LogP contribution in [0.3, 0.4) is 0 Å². The number of hydrogen-bond acceptors (Lipinski definition) is 1. The predicted octanol–water partition coefficient (Wildman–Crippen LogP) is 4.02. The first-order valence-corrected chi connectivity index (χ1v) is 5.91. The van der Waals surface area contributed by atoms with Crippen molar-refractivity contribution in [1.29, 1.82) is 0 Å². The Hall–Kier alpha value is -1.32. The van der Waals surface area contributed by atoms with Crippen LogP contribution in [0, 0.1) is 11.3 Å². The van der Waals surface area contributed by atoms with E-state index in [1.54, 1.807) is 12.1 Å². The second-order valence-electron chi connectivity index (χ2n) is 5.51. The van der Waals surface area contributed by atoms with Gasteiger partial charge in [0.05, 0.1) is 5.41 Å². The number of hydrogen-bond donors (Lipinski definition) is 0. The molecule has 0 saturated heterocycles. The summed E-state index contributed by atoms with van der Waals surface area (Å²) in [7, 11) is 0. The van der Waals surface area contributed by atoms with Crippen LogP contribution in [0.4, 0.5) is 13.2 Å². The number of carbonyl (C=O) groups excluding carboxylic acids is 1. The van der Waals surface area contributed by atoms with Crippen molar-refractivity contribution in [3.8, 4) is 0 Å². The monoisotopic (exact) mass is 256 g/mol. The largest absolute Gasteiger partial charge is 0.393 e. The molecule has 1 aromatic rings. The molecule has 0 fully saturated rings. The zero-order valence-electron chi connectivity index (χ0n) is 10.3. The molecule has 0 N–H and O–H groups in total. The Morgan fingerprint density at radius 3 is 2.39 bits per heavy atom. The lowest BCUT2D eigenvalue weighted by molar-refractivity contribution is -0.215. The van der Waals surface area contributed by atoms with Gasteiger partial charge >= 0.3 is 6.18 Å². The molecule has 0 amide bonds. The van der Waals surface area contributed by atoms with Gasteiger partial charge in [0.15, 0.2) is 5.78 Å². The standard InChI is InChI=1S/C14H15F3O/c1-13(2,14(15,16)17)8-10-7-9-5-3-4-6-11(9)12(10)18/h3-6,10H,7-8H2,1-2H3. The van der Waals surface area contributed by atoms with Crippen molar-refractivity contribution in [2.45, 2.75) is 32.9 Å². The summed E-state index contributed by atoms with van der Waals surface area (Å²) in [6.07, 6.45) is -4.00. The smallest absolute Gasteiger partial charge is 0.294 e. The van der Waals surface area contributed by atoms with Crippen molar-refractivity contribution < 1.29 is 18.0 Å². The second-order valence-corrected chi connectivity index (χ2v) is 5.51. The van der Waals surface area contributed by atoms with Crippen LogP contribution >= 0.6 is 0 Å². The highest BCUT2D eigenvalue weighted by atomic mass is 19.4. The second kappa shape index (κ2) is 4.11. The molecular formula is C14H15F3O. The van der Waals surface area contributed by atoms with Gasteiger partial charge in [-0.3, -0.25) is 4.79 Å². The summed E-state index contributed by atoms with van der Waals surface area (Å²) in [5.41, 5.74) is -0.374. The lowest BCUT2D eigenvalue weighted by atomic mass is 9.80. The van der Waals surface area contributed by atoms with E-state index in [2.05, 4.69) is 0 Å². The first-order chi connectivity index (χ1) is 8.22. The van der Waals surface area contributed by atoms with Crippen LogP contribution in [-0.2, 0) is 6.42 Å². The Balaban J connectivity index is 2.18. The predicted molar refractivity (Wildman–Crippen MR) is 62.4 cm³/mol. The summed E-state index contributed by atoms with van der Waals surface area (Å²) >= 11 is 0. The number of rotatable bonds is 2. The maximum Gasteiger partial charge on any atom is 0.393 e. The highest BCUT2D eigenvalue weighted by Gasteiger charge is 2.49. The molecule has 1 aliphatic rings. The zero-order chi connectivity index (χ0) is 13.6. The molecule has 18 heavy (non-hydrogen) atoms. The van der Waals surface area contributed by atoms with E-state index in [0.717, 1.165) is 19.4 Å². The number of Topliss-reactive ketones (excluding diaryl/α,β-unsaturated/α-hetero) is 1. The number of halogens is 3. The Bertz CT molecular complexity index is 474. The molecule has 2 rings (SSSR count). The molecule has 0 radical (unpaired) electrons. The van der Waals surface area contributed by atoms with E-state index in [1.807, 2.05) is 12.1 Å². The molecule has 0 spiro atoms. The third-order valence-corrected chi connectivity index (χ3v) is 3.64. The summed E-state index contributed by atoms with van der Waals surface area (Å²) in [5.74, 6) is -0.693. The van der Waals surface area contributed by atoms with Crippen molar-refractivity contribution in [2.24, 2.45) is 11.3 Å². The van der Waals surface area contributed by atoms with Gasteiger partial charge in [0.25, 0.3) is 0 Å². The number of benzene rings is 1. The van der Waals surface area contributed by atoms with Gasteiger partial charge in [-0.2, -0.15) is 13.2 Å². The van der Waals surface area contributed by atoms with Gasteiger partial charge in [-0.15, -0.1) is 0 Å². The van der Waals surface area contributed by atoms with Crippen molar-refractivity contribution in [3.05, 3.63) is 35.4 Å². The first kappa shape index (κ1) is 13.1. The van der Waals surface area contributed by atoms with Crippen LogP contribution in [0.2, 0.25) is 0 Å². The molecule has 0 heterocycles. The molecule has 0 bridgehead atoms. The summed E-state index contributed by atoms with van der Waals surface area (Å²) in [6, 6.07) is 7.06. The fourth-order valence-electron chi connectivity index (χ4n) is 2.41. The molecule has 1 unspecified atom stereocenters. The van der Waals surface area contributed by atoms with E-state index < -0.39 is 17.5 Å². The number of ketones is 1. The van der Waals surface area contributed by atoms with Crippen molar-refractivity contribution in [3.63, 3.8) is 0 Å². The van der Waals surface area contributed by atoms with E-state index in [-0.39, 0.29) is 12.2 Å². The average molecular weight is 256 g/mol. The van der Waals surface area contributed by atoms with Gasteiger partial charge in [0.2, 0.25) is 0 Å². The molecular weight excluding hydrogens is 241 g/mol. The van der Waals surface area contributed by atoms with Crippen LogP contribution in [0.15, 0.2) is 24.3 Å². The first-order valence-electron chi connectivity index (χ1n) is 5.91. The summed E-state index contributed by atoms with van der Waals surface area (Å²) in [6.45, 7) is 2.31. The summed E-state index contributed by atoms with van der Waals surface area (Å²) < 4.78 is 38.5. The van der Waals surface area contributed by atoms with E-state index in [1.165, 1.54) is 0 Å². The minimum Gasteiger partial charge on any atom is -0.294 e.